The lowest BCUT2D eigenvalue weighted by atomic mass is 10.2. The van der Waals surface area contributed by atoms with Crippen molar-refractivity contribution in [3.63, 3.8) is 0 Å². The van der Waals surface area contributed by atoms with Gasteiger partial charge in [0.15, 0.2) is 5.96 Å². The van der Waals surface area contributed by atoms with E-state index in [4.69, 9.17) is 0 Å². The van der Waals surface area contributed by atoms with E-state index in [-0.39, 0.29) is 29.8 Å². The van der Waals surface area contributed by atoms with Gasteiger partial charge in [-0.3, -0.25) is 4.99 Å². The van der Waals surface area contributed by atoms with E-state index in [1.54, 1.807) is 36.4 Å². The number of aromatic nitrogens is 2. The Balaban J connectivity index is 0.00000192. The molecule has 124 valence electrons. The van der Waals surface area contributed by atoms with E-state index in [9.17, 15) is 4.39 Å². The second-order valence-electron chi connectivity index (χ2n) is 5.65. The van der Waals surface area contributed by atoms with Gasteiger partial charge in [-0.05, 0) is 30.0 Å². The highest BCUT2D eigenvalue weighted by Crippen LogP contribution is 2.28. The minimum Gasteiger partial charge on any atom is -0.353 e. The Morgan fingerprint density at radius 2 is 2.26 bits per heavy atom. The Hall–Kier alpha value is -1.64. The van der Waals surface area contributed by atoms with Gasteiger partial charge >= 0.3 is 0 Å². The van der Waals surface area contributed by atoms with Crippen LogP contribution in [0.25, 0.3) is 5.69 Å². The number of halogens is 2. The van der Waals surface area contributed by atoms with E-state index in [2.05, 4.69) is 27.5 Å². The smallest absolute Gasteiger partial charge is 0.191 e. The maximum absolute atomic E-state index is 14.2. The Kier molecular flexibility index (Phi) is 5.97. The molecule has 0 spiro atoms. The van der Waals surface area contributed by atoms with Crippen LogP contribution in [0.4, 0.5) is 4.39 Å². The molecule has 0 radical (unpaired) electrons. The van der Waals surface area contributed by atoms with Crippen molar-refractivity contribution >= 4 is 29.9 Å². The van der Waals surface area contributed by atoms with Gasteiger partial charge in [0.05, 0.1) is 12.0 Å². The molecule has 2 N–H and O–H groups in total. The largest absolute Gasteiger partial charge is 0.353 e. The molecule has 1 aliphatic rings. The highest BCUT2D eigenvalue weighted by molar-refractivity contribution is 14.0. The molecule has 2 unspecified atom stereocenters. The predicted molar refractivity (Wildman–Crippen MR) is 99.8 cm³/mol. The molecule has 0 amide bonds. The minimum absolute atomic E-state index is 0. The number of imidazole rings is 1. The van der Waals surface area contributed by atoms with E-state index >= 15 is 0 Å². The van der Waals surface area contributed by atoms with E-state index in [0.29, 0.717) is 24.2 Å². The molecule has 1 aliphatic carbocycles. The quantitative estimate of drug-likeness (QED) is 0.447. The molecule has 1 heterocycles. The van der Waals surface area contributed by atoms with Crippen LogP contribution in [0.15, 0.2) is 41.9 Å². The summed E-state index contributed by atoms with van der Waals surface area (Å²) >= 11 is 0. The third kappa shape index (κ3) is 4.43. The van der Waals surface area contributed by atoms with Crippen molar-refractivity contribution in [3.8, 4) is 5.69 Å². The highest BCUT2D eigenvalue weighted by Gasteiger charge is 2.33. The number of aliphatic imine (C=N–C) groups is 1. The number of hydrogen-bond donors (Lipinski definition) is 2. The maximum atomic E-state index is 14.2. The van der Waals surface area contributed by atoms with E-state index in [0.717, 1.165) is 11.5 Å². The number of rotatable bonds is 4. The Morgan fingerprint density at radius 3 is 2.83 bits per heavy atom. The first-order valence-electron chi connectivity index (χ1n) is 7.41. The number of hydrogen-bond acceptors (Lipinski definition) is 2. The second kappa shape index (κ2) is 7.76. The standard InChI is InChI=1S/C16H20FN5.HI/c1-11-7-14(11)21-16(18-2)20-9-12-3-4-15(13(17)8-12)22-6-5-19-10-22;/h3-6,8,10-11,14H,7,9H2,1-2H3,(H2,18,20,21);1H. The summed E-state index contributed by atoms with van der Waals surface area (Å²) in [6.07, 6.45) is 6.11. The molecule has 1 saturated carbocycles. The molecule has 0 aliphatic heterocycles. The van der Waals surface area contributed by atoms with Crippen molar-refractivity contribution in [3.05, 3.63) is 48.3 Å². The molecule has 2 aromatic rings. The first-order chi connectivity index (χ1) is 10.7. The van der Waals surface area contributed by atoms with Crippen molar-refractivity contribution in [2.45, 2.75) is 25.9 Å². The summed E-state index contributed by atoms with van der Waals surface area (Å²) < 4.78 is 15.8. The molecule has 23 heavy (non-hydrogen) atoms. The molecular weight excluding hydrogens is 408 g/mol. The summed E-state index contributed by atoms with van der Waals surface area (Å²) in [5.41, 5.74) is 1.36. The zero-order valence-corrected chi connectivity index (χ0v) is 15.5. The van der Waals surface area contributed by atoms with Crippen LogP contribution in [0.3, 0.4) is 0 Å². The summed E-state index contributed by atoms with van der Waals surface area (Å²) in [5.74, 6) is 1.19. The van der Waals surface area contributed by atoms with Gasteiger partial charge in [-0.2, -0.15) is 0 Å². The monoisotopic (exact) mass is 429 g/mol. The first-order valence-corrected chi connectivity index (χ1v) is 7.41. The topological polar surface area (TPSA) is 54.2 Å². The fourth-order valence-electron chi connectivity index (χ4n) is 2.35. The van der Waals surface area contributed by atoms with Crippen LogP contribution in [-0.4, -0.2) is 28.6 Å². The zero-order chi connectivity index (χ0) is 15.5. The molecular formula is C16H21FIN5. The fourth-order valence-corrected chi connectivity index (χ4v) is 2.35. The summed E-state index contributed by atoms with van der Waals surface area (Å²) in [7, 11) is 1.74. The van der Waals surface area contributed by atoms with Crippen molar-refractivity contribution < 1.29 is 4.39 Å². The van der Waals surface area contributed by atoms with Gasteiger partial charge in [0, 0.05) is 32.0 Å². The summed E-state index contributed by atoms with van der Waals surface area (Å²) in [5, 5.41) is 6.55. The molecule has 7 heteroatoms. The van der Waals surface area contributed by atoms with Gasteiger partial charge in [-0.1, -0.05) is 13.0 Å². The van der Waals surface area contributed by atoms with E-state index in [1.807, 2.05) is 6.07 Å². The third-order valence-corrected chi connectivity index (χ3v) is 3.91. The van der Waals surface area contributed by atoms with Crippen LogP contribution < -0.4 is 10.6 Å². The number of nitrogens with zero attached hydrogens (tertiary/aromatic N) is 3. The molecule has 3 rings (SSSR count). The van der Waals surface area contributed by atoms with Crippen LogP contribution in [0.1, 0.15) is 18.9 Å². The summed E-state index contributed by atoms with van der Waals surface area (Å²) in [6, 6.07) is 5.70. The van der Waals surface area contributed by atoms with Crippen LogP contribution in [0.5, 0.6) is 0 Å². The van der Waals surface area contributed by atoms with Gasteiger partial charge < -0.3 is 15.2 Å². The predicted octanol–water partition coefficient (Wildman–Crippen LogP) is 2.70. The second-order valence-corrected chi connectivity index (χ2v) is 5.65. The molecule has 0 saturated heterocycles. The van der Waals surface area contributed by atoms with Crippen LogP contribution in [0.2, 0.25) is 0 Å². The fraction of sp³-hybridized carbons (Fsp3) is 0.375. The van der Waals surface area contributed by atoms with Crippen molar-refractivity contribution in [1.29, 1.82) is 0 Å². The average molecular weight is 429 g/mol. The Labute approximate surface area is 152 Å². The SMILES string of the molecule is CN=C(NCc1ccc(-n2ccnc2)c(F)c1)NC1CC1C.I. The van der Waals surface area contributed by atoms with E-state index in [1.165, 1.54) is 12.5 Å². The first kappa shape index (κ1) is 17.7. The van der Waals surface area contributed by atoms with Crippen LogP contribution in [0, 0.1) is 11.7 Å². The molecule has 5 nitrogen and oxygen atoms in total. The number of benzene rings is 1. The zero-order valence-electron chi connectivity index (χ0n) is 13.2. The summed E-state index contributed by atoms with van der Waals surface area (Å²) in [4.78, 5) is 8.12. The number of nitrogens with one attached hydrogen (secondary N) is 2. The average Bonchev–Trinajstić information content (AvgIpc) is 2.99. The molecule has 2 atom stereocenters. The molecule has 1 fully saturated rings. The number of guanidine groups is 1. The van der Waals surface area contributed by atoms with Gasteiger partial charge in [0.2, 0.25) is 0 Å². The van der Waals surface area contributed by atoms with Crippen LogP contribution >= 0.6 is 24.0 Å². The lowest BCUT2D eigenvalue weighted by Crippen LogP contribution is -2.38. The normalized spacial score (nSPS) is 19.9. The summed E-state index contributed by atoms with van der Waals surface area (Å²) in [6.45, 7) is 2.73. The van der Waals surface area contributed by atoms with Crippen molar-refractivity contribution in [2.75, 3.05) is 7.05 Å². The van der Waals surface area contributed by atoms with Gasteiger partial charge in [0.1, 0.15) is 5.82 Å². The van der Waals surface area contributed by atoms with E-state index < -0.39 is 0 Å². The Bertz CT molecular complexity index is 671. The van der Waals surface area contributed by atoms with Crippen molar-refractivity contribution in [2.24, 2.45) is 10.9 Å². The van der Waals surface area contributed by atoms with Gasteiger partial charge in [-0.25, -0.2) is 9.37 Å². The Morgan fingerprint density at radius 1 is 1.48 bits per heavy atom. The van der Waals surface area contributed by atoms with Gasteiger partial charge in [0.25, 0.3) is 0 Å². The van der Waals surface area contributed by atoms with Crippen molar-refractivity contribution in [1.82, 2.24) is 20.2 Å². The van der Waals surface area contributed by atoms with Crippen LogP contribution in [-0.2, 0) is 6.54 Å². The lowest BCUT2D eigenvalue weighted by Gasteiger charge is -2.12. The maximum Gasteiger partial charge on any atom is 0.191 e. The third-order valence-electron chi connectivity index (χ3n) is 3.91. The lowest BCUT2D eigenvalue weighted by molar-refractivity contribution is 0.614. The minimum atomic E-state index is -0.268. The molecule has 1 aromatic heterocycles. The molecule has 0 bridgehead atoms. The molecule has 1 aromatic carbocycles. The van der Waals surface area contributed by atoms with Gasteiger partial charge in [-0.15, -0.1) is 24.0 Å². The highest BCUT2D eigenvalue weighted by atomic mass is 127.